The number of aliphatic hydroxyl groups excluding tert-OH is 8. The van der Waals surface area contributed by atoms with Gasteiger partial charge >= 0.3 is 35.4 Å². The molecule has 0 aromatic rings. The van der Waals surface area contributed by atoms with Gasteiger partial charge in [0.15, 0.2) is 25.5 Å². The number of carbonyl (C=O) groups is 4. The van der Waals surface area contributed by atoms with Crippen LogP contribution in [0.3, 0.4) is 0 Å². The van der Waals surface area contributed by atoms with E-state index in [1.54, 1.807) is 6.92 Å². The van der Waals surface area contributed by atoms with E-state index in [0.717, 1.165) is 12.8 Å². The van der Waals surface area contributed by atoms with Gasteiger partial charge in [-0.3, -0.25) is 9.69 Å². The van der Waals surface area contributed by atoms with Crippen LogP contribution in [0.1, 0.15) is 59.8 Å². The van der Waals surface area contributed by atoms with Crippen LogP contribution in [0.5, 0.6) is 0 Å². The molecule has 5 heterocycles. The summed E-state index contributed by atoms with van der Waals surface area (Å²) in [6, 6.07) is -2.36. The number of carbonyl (C=O) groups excluding carboxylic acids is 4. The Morgan fingerprint density at radius 1 is 0.629 bits per heavy atom. The zero-order valence-electron chi connectivity index (χ0n) is 38.3. The van der Waals surface area contributed by atoms with Crippen molar-refractivity contribution in [1.82, 2.24) is 0 Å². The maximum atomic E-state index is 11.4. The number of ether oxygens (including phenoxy) is 6. The highest BCUT2D eigenvalue weighted by Crippen LogP contribution is 2.66. The number of oxime groups is 1. The average molecular weight is 1070 g/mol. The number of esters is 1. The largest absolute Gasteiger partial charge is 0.538 e. The van der Waals surface area contributed by atoms with E-state index in [-0.39, 0.29) is 43.7 Å². The highest BCUT2D eigenvalue weighted by molar-refractivity contribution is 7.66. The van der Waals surface area contributed by atoms with Gasteiger partial charge in [0, 0.05) is 49.1 Å². The number of phosphoric acid groups is 3. The summed E-state index contributed by atoms with van der Waals surface area (Å²) in [5.74, 6) is -1.50. The number of hydrogen-bond acceptors (Lipinski definition) is 26. The molecule has 5 fully saturated rings. The molecule has 5 rings (SSSR count). The van der Waals surface area contributed by atoms with E-state index in [4.69, 9.17) is 124 Å². The second-order valence-electron chi connectivity index (χ2n) is 14.0. The van der Waals surface area contributed by atoms with E-state index in [9.17, 15) is 28.4 Å². The molecule has 0 saturated carbocycles. The van der Waals surface area contributed by atoms with E-state index in [2.05, 4.69) is 32.5 Å². The van der Waals surface area contributed by atoms with Crippen molar-refractivity contribution in [3.63, 3.8) is 0 Å². The second-order valence-corrected chi connectivity index (χ2v) is 18.3. The molecule has 30 nitrogen and oxygen atoms in total. The summed E-state index contributed by atoms with van der Waals surface area (Å²) in [6.45, 7) is 10.2. The fourth-order valence-corrected chi connectivity index (χ4v) is 8.04. The van der Waals surface area contributed by atoms with Crippen molar-refractivity contribution in [2.75, 3.05) is 20.0 Å². The Morgan fingerprint density at radius 3 is 1.24 bits per heavy atom. The van der Waals surface area contributed by atoms with Crippen LogP contribution in [-0.2, 0) is 74.4 Å². The highest BCUT2D eigenvalue weighted by Gasteiger charge is 2.46. The lowest BCUT2D eigenvalue weighted by atomic mass is 9.92. The normalized spacial score (nSPS) is 33.2. The Kier molecular flexibility index (Phi) is 42.0. The first-order valence-corrected chi connectivity index (χ1v) is 24.3. The molecule has 17 atom stereocenters. The molecule has 0 aliphatic carbocycles. The van der Waals surface area contributed by atoms with Crippen LogP contribution in [0.25, 0.3) is 0 Å². The van der Waals surface area contributed by atoms with Crippen molar-refractivity contribution in [2.45, 2.75) is 139 Å². The third kappa shape index (κ3) is 36.8. The lowest BCUT2D eigenvalue weighted by Gasteiger charge is -2.18. The molecule has 0 aromatic carbocycles. The van der Waals surface area contributed by atoms with Crippen LogP contribution in [0, 0.1) is 11.8 Å². The smallest absolute Gasteiger partial charge is 0.439 e. The summed E-state index contributed by atoms with van der Waals surface area (Å²) >= 11 is 0. The number of rotatable bonds is 9. The van der Waals surface area contributed by atoms with Crippen molar-refractivity contribution in [2.24, 2.45) is 17.0 Å². The zero-order chi connectivity index (χ0) is 55.7. The first kappa shape index (κ1) is 74.5. The van der Waals surface area contributed by atoms with Gasteiger partial charge in [0.1, 0.15) is 65.0 Å². The van der Waals surface area contributed by atoms with Crippen molar-refractivity contribution in [1.29, 1.82) is 0 Å². The van der Waals surface area contributed by atoms with E-state index >= 15 is 0 Å². The highest BCUT2D eigenvalue weighted by atomic mass is 31.3. The fourth-order valence-electron chi connectivity index (χ4n) is 5.07. The zero-order valence-corrected chi connectivity index (χ0v) is 41.0. The predicted octanol–water partition coefficient (Wildman–Crippen LogP) is -4.95. The number of phosphoric ester groups is 1. The lowest BCUT2D eigenvalue weighted by molar-refractivity contribution is -0.150. The SMILES string of the molecule is C/C=N/O.C=O.C=O.CC(=O)OCO.[B][C@H]1CC(C)[C@@H](CO)O1.[B][C@H]1CC(C)[C@@H](O)O1.[B][C@H]1CC(O)[C@@H](C(=O)OP(=O)(O)OP(=O)(O)OP(=O)(O)O)O1.[B][C@H]1CC(O)[C@@H](CO)O1.[B][C@H]1CC(O)[C@@H](O)O1. The predicted molar refractivity (Wildman–Crippen MR) is 239 cm³/mol. The topological polar surface area (TPSA) is 478 Å². The van der Waals surface area contributed by atoms with E-state index in [1.165, 1.54) is 13.1 Å². The van der Waals surface area contributed by atoms with Crippen molar-refractivity contribution in [3.05, 3.63) is 0 Å². The quantitative estimate of drug-likeness (QED) is 0.0196. The van der Waals surface area contributed by atoms with E-state index in [0.29, 0.717) is 18.8 Å². The van der Waals surface area contributed by atoms with Crippen LogP contribution >= 0.6 is 23.5 Å². The first-order valence-electron chi connectivity index (χ1n) is 19.8. The summed E-state index contributed by atoms with van der Waals surface area (Å²) in [4.78, 5) is 71.6. The molecule has 0 aromatic heterocycles. The molecule has 0 amide bonds. The standard InChI is InChI=1S/C6H11BO2.C5H10BO13P3.C5H9BO3.C5H9BO2.C4H7BO3.C3H6O3.C2H5NO.2CH2O/c1-4-2-6(7)9-5(4)3-8;6-3-1-2(7)4(16-3)5(8)17-21(12,13)19-22(14,15)18-20(9,10)11;6-5-1-3(8)4(2-7)9-5;1-3-2-4(6)8-5(3)7;5-3-1-2(6)4(7)8-3;1-3(5)6-2-4;1-2-3-4;2*1-2/h4-6,8H,2-3H2,1H3;2-4,7H,1H2,(H,12,13)(H,14,15)(H2,9,10,11);3-5,7-8H,1-2H2;3-5,7H,2H2,1H3;2-4,6-7H,1H2;4H,2H2,1H3;2,4H,1H3;2*1H2/b;;;;;;3-2+;;/t4?,5-,6-;2?,3-,4+;3?,4-,5-;3?,4-,5+;2?,3-,4+;;;;/m11111..../s1. The molecule has 70 heavy (non-hydrogen) atoms. The van der Waals surface area contributed by atoms with Crippen LogP contribution in [0.2, 0.25) is 0 Å². The van der Waals surface area contributed by atoms with Crippen molar-refractivity contribution in [3.8, 4) is 0 Å². The summed E-state index contributed by atoms with van der Waals surface area (Å²) < 4.78 is 71.3. The maximum Gasteiger partial charge on any atom is 0.538 e. The summed E-state index contributed by atoms with van der Waals surface area (Å²) in [5.41, 5.74) is 0. The molecule has 38 heteroatoms. The van der Waals surface area contributed by atoms with Gasteiger partial charge in [-0.2, -0.15) is 8.62 Å². The molecule has 7 unspecified atom stereocenters. The summed E-state index contributed by atoms with van der Waals surface area (Å²) in [6.07, 6.45) is -3.32. The number of aliphatic hydroxyl groups is 8. The van der Waals surface area contributed by atoms with Crippen LogP contribution < -0.4 is 0 Å². The van der Waals surface area contributed by atoms with Gasteiger partial charge in [0.05, 0.1) is 31.5 Å². The second kappa shape index (κ2) is 39.5. The Bertz CT molecular complexity index is 1510. The molecule has 398 valence electrons. The van der Waals surface area contributed by atoms with Gasteiger partial charge in [0.25, 0.3) is 0 Å². The van der Waals surface area contributed by atoms with Gasteiger partial charge in [-0.1, -0.05) is 13.8 Å². The Balaban J connectivity index is -0.000000384. The molecule has 10 radical (unpaired) electrons. The first-order chi connectivity index (χ1) is 32.3. The van der Waals surface area contributed by atoms with Crippen molar-refractivity contribution < 1.29 is 140 Å². The third-order valence-electron chi connectivity index (χ3n) is 8.10. The Labute approximate surface area is 409 Å². The van der Waals surface area contributed by atoms with Crippen LogP contribution in [-0.4, -0.2) is 236 Å². The Hall–Kier alpha value is -2.00. The van der Waals surface area contributed by atoms with Gasteiger partial charge < -0.3 is 103 Å². The Morgan fingerprint density at radius 2 is 1.03 bits per heavy atom. The van der Waals surface area contributed by atoms with Crippen molar-refractivity contribution >= 4 is 94.4 Å². The third-order valence-corrected chi connectivity index (χ3v) is 11.8. The summed E-state index contributed by atoms with van der Waals surface area (Å²) in [5, 5.41) is 79.6. The molecule has 0 spiro atoms. The van der Waals surface area contributed by atoms with Gasteiger partial charge in [-0.25, -0.2) is 18.5 Å². The van der Waals surface area contributed by atoms with Gasteiger partial charge in [0.2, 0.25) is 0 Å². The molecule has 13 N–H and O–H groups in total. The minimum Gasteiger partial charge on any atom is -0.439 e. The monoisotopic (exact) mass is 1070 g/mol. The van der Waals surface area contributed by atoms with E-state index in [1.807, 2.05) is 27.4 Å². The minimum absolute atomic E-state index is 0.0278. The number of hydrogen-bond donors (Lipinski definition) is 13. The molecule has 5 saturated heterocycles. The van der Waals surface area contributed by atoms with Gasteiger partial charge in [-0.15, -0.1) is 5.16 Å². The lowest BCUT2D eigenvalue weighted by Crippen LogP contribution is -2.31. The van der Waals surface area contributed by atoms with Gasteiger partial charge in [-0.05, 0) is 44.9 Å². The number of nitrogens with zero attached hydrogens (tertiary/aromatic N) is 1. The van der Waals surface area contributed by atoms with Crippen LogP contribution in [0.15, 0.2) is 5.16 Å². The minimum atomic E-state index is -5.73. The molecular formula is C32H61B5NO29P3. The van der Waals surface area contributed by atoms with Crippen LogP contribution in [0.4, 0.5) is 0 Å². The molecule has 0 bridgehead atoms. The average Bonchev–Trinajstić information content (AvgIpc) is 4.02. The molecule has 5 aliphatic heterocycles. The van der Waals surface area contributed by atoms with E-state index < -0.39 is 103 Å². The fraction of sp³-hybridized carbons (Fsp3) is 0.844. The molecular weight excluding hydrogens is 1010 g/mol. The maximum absolute atomic E-state index is 11.4. The summed E-state index contributed by atoms with van der Waals surface area (Å²) in [7, 11) is 9.62. The molecule has 5 aliphatic rings.